The molecule has 19 heavy (non-hydrogen) atoms. The summed E-state index contributed by atoms with van der Waals surface area (Å²) in [4.78, 5) is 12.4. The van der Waals surface area contributed by atoms with Gasteiger partial charge in [-0.05, 0) is 46.5 Å². The molecule has 1 aliphatic heterocycles. The molecule has 0 spiro atoms. The molecule has 2 atom stereocenters. The van der Waals surface area contributed by atoms with Crippen LogP contribution in [0.3, 0.4) is 0 Å². The lowest BCUT2D eigenvalue weighted by Gasteiger charge is -2.15. The van der Waals surface area contributed by atoms with E-state index in [1.54, 1.807) is 18.2 Å². The Hall–Kier alpha value is -0.980. The number of carbonyl (C=O) groups excluding carboxylic acids is 1. The molecule has 0 aromatic heterocycles. The van der Waals surface area contributed by atoms with Gasteiger partial charge in [0.1, 0.15) is 11.1 Å². The van der Waals surface area contributed by atoms with E-state index in [0.717, 1.165) is 16.5 Å². The molecule has 1 fully saturated rings. The van der Waals surface area contributed by atoms with Crippen molar-refractivity contribution in [3.63, 3.8) is 0 Å². The van der Waals surface area contributed by atoms with Crippen LogP contribution >= 0.6 is 28.1 Å². The first-order chi connectivity index (χ1) is 8.99. The molecule has 4 nitrogen and oxygen atoms in total. The van der Waals surface area contributed by atoms with Crippen LogP contribution < -0.4 is 11.1 Å². The van der Waals surface area contributed by atoms with Gasteiger partial charge in [0.2, 0.25) is 0 Å². The Morgan fingerprint density at radius 3 is 2.84 bits per heavy atom. The van der Waals surface area contributed by atoms with Crippen LogP contribution in [0.1, 0.15) is 18.9 Å². The lowest BCUT2D eigenvalue weighted by Crippen LogP contribution is -2.31. The van der Waals surface area contributed by atoms with Crippen molar-refractivity contribution in [1.29, 1.82) is 0 Å². The number of hydrogen-bond donors (Lipinski definition) is 2. The average molecular weight is 343 g/mol. The van der Waals surface area contributed by atoms with Crippen molar-refractivity contribution in [3.8, 4) is 0 Å². The zero-order valence-electron chi connectivity index (χ0n) is 10.5. The summed E-state index contributed by atoms with van der Waals surface area (Å²) in [6, 6.07) is 5.34. The number of anilines is 1. The Morgan fingerprint density at radius 1 is 1.58 bits per heavy atom. The van der Waals surface area contributed by atoms with E-state index in [-0.39, 0.29) is 17.9 Å². The highest BCUT2D eigenvalue weighted by atomic mass is 79.9. The zero-order chi connectivity index (χ0) is 14.0. The third-order valence-electron chi connectivity index (χ3n) is 3.16. The Labute approximate surface area is 125 Å². The van der Waals surface area contributed by atoms with Gasteiger partial charge in [-0.25, -0.2) is 0 Å². The number of halogens is 1. The molecule has 0 saturated carbocycles. The van der Waals surface area contributed by atoms with Crippen LogP contribution in [0.25, 0.3) is 0 Å². The van der Waals surface area contributed by atoms with Crippen LogP contribution in [0, 0.1) is 5.92 Å². The molecule has 0 radical (unpaired) electrons. The third kappa shape index (κ3) is 3.32. The summed E-state index contributed by atoms with van der Waals surface area (Å²) in [6.45, 7) is 2.66. The molecule has 1 aliphatic rings. The van der Waals surface area contributed by atoms with Crippen LogP contribution in [0.5, 0.6) is 0 Å². The molecule has 1 amide bonds. The molecule has 3 N–H and O–H groups in total. The summed E-state index contributed by atoms with van der Waals surface area (Å²) in [7, 11) is 0. The number of carbonyl (C=O) groups is 1. The average Bonchev–Trinajstić information content (AvgIpc) is 2.77. The van der Waals surface area contributed by atoms with Crippen LogP contribution in [-0.2, 0) is 9.53 Å². The van der Waals surface area contributed by atoms with Crippen LogP contribution in [0.4, 0.5) is 5.69 Å². The topological polar surface area (TPSA) is 64.3 Å². The molecule has 1 heterocycles. The van der Waals surface area contributed by atoms with Crippen LogP contribution in [0.2, 0.25) is 0 Å². The number of rotatable bonds is 3. The Balaban J connectivity index is 2.11. The maximum absolute atomic E-state index is 12.1. The fourth-order valence-electron chi connectivity index (χ4n) is 2.00. The maximum Gasteiger partial charge on any atom is 0.253 e. The van der Waals surface area contributed by atoms with E-state index in [4.69, 9.17) is 22.7 Å². The number of nitrogens with two attached hydrogens (primary N) is 1. The van der Waals surface area contributed by atoms with Crippen molar-refractivity contribution in [2.24, 2.45) is 11.7 Å². The second-order valence-corrected chi connectivity index (χ2v) is 5.90. The van der Waals surface area contributed by atoms with Gasteiger partial charge in [-0.3, -0.25) is 4.79 Å². The lowest BCUT2D eigenvalue weighted by atomic mass is 10.0. The summed E-state index contributed by atoms with van der Waals surface area (Å²) in [5.41, 5.74) is 7.00. The standard InChI is InChI=1S/C13H15BrN2O2S/c1-7-4-5-18-11(7)13(17)16-10-3-2-8(12(15)19)6-9(10)14/h2-3,6-7,11H,4-5H2,1H3,(H2,15,19)(H,16,17). The largest absolute Gasteiger partial charge is 0.389 e. The molecule has 6 heteroatoms. The number of nitrogens with one attached hydrogen (secondary N) is 1. The van der Waals surface area contributed by atoms with Crippen molar-refractivity contribution >= 4 is 44.7 Å². The number of thiocarbonyl (C=S) groups is 1. The molecular weight excluding hydrogens is 328 g/mol. The fraction of sp³-hybridized carbons (Fsp3) is 0.385. The summed E-state index contributed by atoms with van der Waals surface area (Å²) in [6.07, 6.45) is 0.543. The first kappa shape index (κ1) is 14.4. The van der Waals surface area contributed by atoms with Gasteiger partial charge in [-0.2, -0.15) is 0 Å². The Morgan fingerprint density at radius 2 is 2.32 bits per heavy atom. The predicted octanol–water partition coefficient (Wildman–Crippen LogP) is 2.45. The van der Waals surface area contributed by atoms with Gasteiger partial charge >= 0.3 is 0 Å². The zero-order valence-corrected chi connectivity index (χ0v) is 12.9. The van der Waals surface area contributed by atoms with Gasteiger partial charge in [-0.1, -0.05) is 19.1 Å². The van der Waals surface area contributed by atoms with E-state index in [1.807, 2.05) is 6.92 Å². The van der Waals surface area contributed by atoms with Crippen molar-refractivity contribution in [2.75, 3.05) is 11.9 Å². The highest BCUT2D eigenvalue weighted by Crippen LogP contribution is 2.26. The second-order valence-electron chi connectivity index (χ2n) is 4.61. The SMILES string of the molecule is CC1CCOC1C(=O)Nc1ccc(C(N)=S)cc1Br. The smallest absolute Gasteiger partial charge is 0.253 e. The van der Waals surface area contributed by atoms with Crippen LogP contribution in [0.15, 0.2) is 22.7 Å². The Bertz CT molecular complexity index is 521. The second kappa shape index (κ2) is 5.98. The highest BCUT2D eigenvalue weighted by Gasteiger charge is 2.31. The molecule has 0 aliphatic carbocycles. The molecule has 1 aromatic rings. The fourth-order valence-corrected chi connectivity index (χ4v) is 2.61. The Kier molecular flexibility index (Phi) is 4.54. The van der Waals surface area contributed by atoms with Gasteiger partial charge in [0, 0.05) is 16.6 Å². The first-order valence-corrected chi connectivity index (χ1v) is 7.21. The number of hydrogen-bond acceptors (Lipinski definition) is 3. The number of amides is 1. The van der Waals surface area contributed by atoms with E-state index >= 15 is 0 Å². The minimum atomic E-state index is -0.373. The van der Waals surface area contributed by atoms with Gasteiger partial charge < -0.3 is 15.8 Å². The predicted molar refractivity (Wildman–Crippen MR) is 82.2 cm³/mol. The summed E-state index contributed by atoms with van der Waals surface area (Å²) >= 11 is 8.30. The summed E-state index contributed by atoms with van der Waals surface area (Å²) < 4.78 is 6.18. The number of benzene rings is 1. The molecular formula is C13H15BrN2O2S. The minimum Gasteiger partial charge on any atom is -0.389 e. The van der Waals surface area contributed by atoms with Gasteiger partial charge in [0.25, 0.3) is 5.91 Å². The van der Waals surface area contributed by atoms with Gasteiger partial charge in [0.05, 0.1) is 5.69 Å². The molecule has 102 valence electrons. The van der Waals surface area contributed by atoms with Crippen molar-refractivity contribution in [1.82, 2.24) is 0 Å². The normalized spacial score (nSPS) is 22.2. The molecule has 1 aromatic carbocycles. The highest BCUT2D eigenvalue weighted by molar-refractivity contribution is 9.10. The molecule has 2 rings (SSSR count). The third-order valence-corrected chi connectivity index (χ3v) is 4.05. The van der Waals surface area contributed by atoms with E-state index in [0.29, 0.717) is 17.3 Å². The van der Waals surface area contributed by atoms with E-state index < -0.39 is 0 Å². The van der Waals surface area contributed by atoms with E-state index in [1.165, 1.54) is 0 Å². The quantitative estimate of drug-likeness (QED) is 0.828. The van der Waals surface area contributed by atoms with Crippen LogP contribution in [-0.4, -0.2) is 23.6 Å². The van der Waals surface area contributed by atoms with E-state index in [9.17, 15) is 4.79 Å². The lowest BCUT2D eigenvalue weighted by molar-refractivity contribution is -0.126. The van der Waals surface area contributed by atoms with E-state index in [2.05, 4.69) is 21.2 Å². The molecule has 1 saturated heterocycles. The summed E-state index contributed by atoms with van der Waals surface area (Å²) in [5, 5.41) is 2.85. The summed E-state index contributed by atoms with van der Waals surface area (Å²) in [5.74, 6) is 0.128. The van der Waals surface area contributed by atoms with Gasteiger partial charge in [-0.15, -0.1) is 0 Å². The first-order valence-electron chi connectivity index (χ1n) is 6.01. The number of ether oxygens (including phenoxy) is 1. The maximum atomic E-state index is 12.1. The van der Waals surface area contributed by atoms with Crippen molar-refractivity contribution < 1.29 is 9.53 Å². The van der Waals surface area contributed by atoms with Gasteiger partial charge in [0.15, 0.2) is 0 Å². The van der Waals surface area contributed by atoms with Crippen molar-refractivity contribution in [2.45, 2.75) is 19.4 Å². The minimum absolute atomic E-state index is 0.117. The molecule has 0 bridgehead atoms. The van der Waals surface area contributed by atoms with Crippen molar-refractivity contribution in [3.05, 3.63) is 28.2 Å². The molecule has 2 unspecified atom stereocenters. The monoisotopic (exact) mass is 342 g/mol.